The standard InChI is InChI=1S/C14H13N3O2S/c1-9-8-20-14(15-9)16-12(18)7-17-6-10-4-2-3-5-11(10)13(17)19/h2-5,8H,6-7H2,1H3,(H,15,16,18). The van der Waals surface area contributed by atoms with Crippen molar-refractivity contribution in [1.82, 2.24) is 9.88 Å². The molecule has 0 atom stereocenters. The lowest BCUT2D eigenvalue weighted by atomic mass is 10.1. The molecular weight excluding hydrogens is 274 g/mol. The molecule has 3 rings (SSSR count). The van der Waals surface area contributed by atoms with E-state index in [1.165, 1.54) is 11.3 Å². The van der Waals surface area contributed by atoms with E-state index in [0.29, 0.717) is 17.2 Å². The van der Waals surface area contributed by atoms with Gasteiger partial charge in [-0.3, -0.25) is 9.59 Å². The maximum atomic E-state index is 12.1. The minimum atomic E-state index is -0.222. The van der Waals surface area contributed by atoms with Crippen LogP contribution in [0.25, 0.3) is 0 Å². The Morgan fingerprint density at radius 2 is 2.25 bits per heavy atom. The van der Waals surface area contributed by atoms with E-state index in [-0.39, 0.29) is 18.4 Å². The average molecular weight is 287 g/mol. The number of aryl methyl sites for hydroxylation is 1. The van der Waals surface area contributed by atoms with E-state index in [4.69, 9.17) is 0 Å². The van der Waals surface area contributed by atoms with Gasteiger partial charge < -0.3 is 10.2 Å². The van der Waals surface area contributed by atoms with E-state index in [1.54, 1.807) is 11.0 Å². The molecule has 20 heavy (non-hydrogen) atoms. The molecule has 102 valence electrons. The largest absolute Gasteiger partial charge is 0.325 e. The van der Waals surface area contributed by atoms with Crippen LogP contribution in [0.1, 0.15) is 21.6 Å². The van der Waals surface area contributed by atoms with Gasteiger partial charge in [0.05, 0.1) is 5.69 Å². The molecule has 1 N–H and O–H groups in total. The highest BCUT2D eigenvalue weighted by atomic mass is 32.1. The van der Waals surface area contributed by atoms with Gasteiger partial charge in [-0.05, 0) is 18.6 Å². The fraction of sp³-hybridized carbons (Fsp3) is 0.214. The molecule has 0 fully saturated rings. The Morgan fingerprint density at radius 3 is 2.95 bits per heavy atom. The predicted molar refractivity (Wildman–Crippen MR) is 76.7 cm³/mol. The fourth-order valence-electron chi connectivity index (χ4n) is 2.19. The number of thiazole rings is 1. The van der Waals surface area contributed by atoms with Gasteiger partial charge in [0.15, 0.2) is 5.13 Å². The molecule has 0 unspecified atom stereocenters. The van der Waals surface area contributed by atoms with Gasteiger partial charge >= 0.3 is 0 Å². The van der Waals surface area contributed by atoms with Crippen molar-refractivity contribution in [3.05, 3.63) is 46.5 Å². The molecule has 0 spiro atoms. The highest BCUT2D eigenvalue weighted by molar-refractivity contribution is 7.13. The molecule has 1 aromatic carbocycles. The lowest BCUT2D eigenvalue weighted by molar-refractivity contribution is -0.116. The van der Waals surface area contributed by atoms with Crippen LogP contribution in [-0.2, 0) is 11.3 Å². The number of benzene rings is 1. The van der Waals surface area contributed by atoms with Gasteiger partial charge in [0.1, 0.15) is 6.54 Å². The first-order valence-corrected chi connectivity index (χ1v) is 7.10. The summed E-state index contributed by atoms with van der Waals surface area (Å²) in [6, 6.07) is 7.43. The third-order valence-electron chi connectivity index (χ3n) is 3.10. The molecule has 0 radical (unpaired) electrons. The minimum Gasteiger partial charge on any atom is -0.325 e. The number of carbonyl (C=O) groups is 2. The molecule has 5 nitrogen and oxygen atoms in total. The van der Waals surface area contributed by atoms with Gasteiger partial charge in [0.2, 0.25) is 5.91 Å². The van der Waals surface area contributed by atoms with Gasteiger partial charge in [-0.2, -0.15) is 0 Å². The Bertz CT molecular complexity index is 681. The van der Waals surface area contributed by atoms with Crippen molar-refractivity contribution < 1.29 is 9.59 Å². The SMILES string of the molecule is Cc1csc(NC(=O)CN2Cc3ccccc3C2=O)n1. The van der Waals surface area contributed by atoms with Crippen LogP contribution in [0.15, 0.2) is 29.6 Å². The number of hydrogen-bond donors (Lipinski definition) is 1. The Labute approximate surface area is 120 Å². The van der Waals surface area contributed by atoms with E-state index < -0.39 is 0 Å². The normalized spacial score (nSPS) is 13.4. The van der Waals surface area contributed by atoms with Crippen molar-refractivity contribution in [1.29, 1.82) is 0 Å². The molecule has 0 saturated carbocycles. The van der Waals surface area contributed by atoms with Crippen LogP contribution < -0.4 is 5.32 Å². The smallest absolute Gasteiger partial charge is 0.254 e. The number of amides is 2. The molecular formula is C14H13N3O2S. The third kappa shape index (κ3) is 2.42. The highest BCUT2D eigenvalue weighted by Crippen LogP contribution is 2.22. The molecule has 0 saturated heterocycles. The number of nitrogens with zero attached hydrogens (tertiary/aromatic N) is 2. The summed E-state index contributed by atoms with van der Waals surface area (Å²) in [5, 5.41) is 5.15. The maximum Gasteiger partial charge on any atom is 0.254 e. The number of fused-ring (bicyclic) bond motifs is 1. The molecule has 2 aromatic rings. The molecule has 1 aliphatic heterocycles. The Kier molecular flexibility index (Phi) is 3.23. The number of nitrogens with one attached hydrogen (secondary N) is 1. The van der Waals surface area contributed by atoms with Gasteiger partial charge in [-0.25, -0.2) is 4.98 Å². The summed E-state index contributed by atoms with van der Waals surface area (Å²) in [4.78, 5) is 29.8. The second kappa shape index (κ2) is 5.05. The van der Waals surface area contributed by atoms with E-state index in [2.05, 4.69) is 10.3 Å². The van der Waals surface area contributed by atoms with Gasteiger partial charge in [-0.1, -0.05) is 18.2 Å². The number of hydrogen-bond acceptors (Lipinski definition) is 4. The molecule has 0 aliphatic carbocycles. The molecule has 1 aliphatic rings. The zero-order valence-electron chi connectivity index (χ0n) is 10.9. The van der Waals surface area contributed by atoms with Gasteiger partial charge in [-0.15, -0.1) is 11.3 Å². The fourth-order valence-corrected chi connectivity index (χ4v) is 2.89. The summed E-state index contributed by atoms with van der Waals surface area (Å²) in [7, 11) is 0. The van der Waals surface area contributed by atoms with E-state index in [9.17, 15) is 9.59 Å². The van der Waals surface area contributed by atoms with Crippen LogP contribution in [-0.4, -0.2) is 28.2 Å². The summed E-state index contributed by atoms with van der Waals surface area (Å²) in [5.74, 6) is -0.313. The molecule has 2 amide bonds. The third-order valence-corrected chi connectivity index (χ3v) is 3.97. The van der Waals surface area contributed by atoms with Crippen molar-refractivity contribution >= 4 is 28.3 Å². The maximum absolute atomic E-state index is 12.1. The molecule has 6 heteroatoms. The summed E-state index contributed by atoms with van der Waals surface area (Å²) < 4.78 is 0. The number of carbonyl (C=O) groups excluding carboxylic acids is 2. The zero-order valence-corrected chi connectivity index (χ0v) is 11.7. The van der Waals surface area contributed by atoms with Crippen molar-refractivity contribution in [3.63, 3.8) is 0 Å². The Hall–Kier alpha value is -2.21. The van der Waals surface area contributed by atoms with Crippen LogP contribution in [0.3, 0.4) is 0 Å². The summed E-state index contributed by atoms with van der Waals surface area (Å²) in [5.41, 5.74) is 2.52. The summed E-state index contributed by atoms with van der Waals surface area (Å²) in [6.07, 6.45) is 0. The summed E-state index contributed by atoms with van der Waals surface area (Å²) in [6.45, 7) is 2.40. The first kappa shape index (κ1) is 12.8. The van der Waals surface area contributed by atoms with Crippen LogP contribution in [0.4, 0.5) is 5.13 Å². The number of aromatic nitrogens is 1. The van der Waals surface area contributed by atoms with E-state index in [0.717, 1.165) is 11.3 Å². The van der Waals surface area contributed by atoms with E-state index in [1.807, 2.05) is 30.5 Å². The van der Waals surface area contributed by atoms with Crippen molar-refractivity contribution in [2.24, 2.45) is 0 Å². The molecule has 0 bridgehead atoms. The quantitative estimate of drug-likeness (QED) is 0.939. The first-order chi connectivity index (χ1) is 9.63. The average Bonchev–Trinajstić information content (AvgIpc) is 2.95. The van der Waals surface area contributed by atoms with Crippen LogP contribution in [0, 0.1) is 6.92 Å². The number of rotatable bonds is 3. The Morgan fingerprint density at radius 1 is 1.45 bits per heavy atom. The van der Waals surface area contributed by atoms with Crippen LogP contribution in [0.5, 0.6) is 0 Å². The second-order valence-corrected chi connectivity index (χ2v) is 5.52. The van der Waals surface area contributed by atoms with Gasteiger partial charge in [0.25, 0.3) is 5.91 Å². The first-order valence-electron chi connectivity index (χ1n) is 6.22. The lowest BCUT2D eigenvalue weighted by Crippen LogP contribution is -2.33. The lowest BCUT2D eigenvalue weighted by Gasteiger charge is -2.14. The highest BCUT2D eigenvalue weighted by Gasteiger charge is 2.28. The summed E-state index contributed by atoms with van der Waals surface area (Å²) >= 11 is 1.38. The van der Waals surface area contributed by atoms with Crippen molar-refractivity contribution in [2.45, 2.75) is 13.5 Å². The Balaban J connectivity index is 1.65. The van der Waals surface area contributed by atoms with Crippen LogP contribution >= 0.6 is 11.3 Å². The van der Waals surface area contributed by atoms with Crippen LogP contribution in [0.2, 0.25) is 0 Å². The monoisotopic (exact) mass is 287 g/mol. The molecule has 2 heterocycles. The zero-order chi connectivity index (χ0) is 14.1. The van der Waals surface area contributed by atoms with E-state index >= 15 is 0 Å². The molecule has 1 aromatic heterocycles. The van der Waals surface area contributed by atoms with Crippen molar-refractivity contribution in [3.8, 4) is 0 Å². The minimum absolute atomic E-state index is 0.0478. The van der Waals surface area contributed by atoms with Gasteiger partial charge in [0, 0.05) is 17.5 Å². The second-order valence-electron chi connectivity index (χ2n) is 4.66. The van der Waals surface area contributed by atoms with Crippen molar-refractivity contribution in [2.75, 3.05) is 11.9 Å². The topological polar surface area (TPSA) is 62.3 Å². The predicted octanol–water partition coefficient (Wildman–Crippen LogP) is 2.05. The number of anilines is 1.